The lowest BCUT2D eigenvalue weighted by Gasteiger charge is -2.29. The summed E-state index contributed by atoms with van der Waals surface area (Å²) >= 11 is 0. The van der Waals surface area contributed by atoms with E-state index in [1.165, 1.54) is 0 Å². The molecule has 0 radical (unpaired) electrons. The molecule has 1 aromatic carbocycles. The van der Waals surface area contributed by atoms with Crippen LogP contribution >= 0.6 is 0 Å². The number of hydrogen-bond donors (Lipinski definition) is 4. The summed E-state index contributed by atoms with van der Waals surface area (Å²) in [5.41, 5.74) is 6.80. The van der Waals surface area contributed by atoms with Gasteiger partial charge < -0.3 is 26.0 Å². The van der Waals surface area contributed by atoms with Crippen LogP contribution in [0, 0.1) is 5.92 Å². The van der Waals surface area contributed by atoms with Crippen LogP contribution in [0.2, 0.25) is 0 Å². The standard InChI is InChI=1S/C17H24N2O5/c18-13(10-11-4-2-1-3-5-11)15(20)16(21)19-14(17(22)23)12-6-8-24-9-7-12/h1-5,12-15,20H,6-10,18H2,(H,19,21)(H,22,23)/t13-,14?,15+/m1/s1. The minimum atomic E-state index is -1.47. The van der Waals surface area contributed by atoms with Gasteiger partial charge in [0.25, 0.3) is 5.91 Å². The van der Waals surface area contributed by atoms with Crippen molar-refractivity contribution in [3.8, 4) is 0 Å². The Kier molecular flexibility index (Phi) is 6.72. The van der Waals surface area contributed by atoms with E-state index in [0.717, 1.165) is 5.56 Å². The number of aliphatic hydroxyl groups is 1. The van der Waals surface area contributed by atoms with Gasteiger partial charge in [0.1, 0.15) is 12.1 Å². The molecule has 24 heavy (non-hydrogen) atoms. The van der Waals surface area contributed by atoms with E-state index >= 15 is 0 Å². The first-order valence-electron chi connectivity index (χ1n) is 8.07. The van der Waals surface area contributed by atoms with Crippen molar-refractivity contribution in [3.05, 3.63) is 35.9 Å². The predicted molar refractivity (Wildman–Crippen MR) is 87.2 cm³/mol. The molecule has 1 heterocycles. The van der Waals surface area contributed by atoms with Crippen LogP contribution < -0.4 is 11.1 Å². The molecule has 1 fully saturated rings. The Morgan fingerprint density at radius 3 is 2.46 bits per heavy atom. The monoisotopic (exact) mass is 336 g/mol. The Morgan fingerprint density at radius 1 is 1.25 bits per heavy atom. The number of carboxylic acid groups (broad SMARTS) is 1. The number of carbonyl (C=O) groups excluding carboxylic acids is 1. The van der Waals surface area contributed by atoms with Gasteiger partial charge in [0.05, 0.1) is 0 Å². The van der Waals surface area contributed by atoms with Crippen molar-refractivity contribution < 1.29 is 24.5 Å². The van der Waals surface area contributed by atoms with Crippen LogP contribution in [-0.2, 0) is 20.7 Å². The molecule has 1 saturated heterocycles. The van der Waals surface area contributed by atoms with Crippen molar-refractivity contribution in [1.82, 2.24) is 5.32 Å². The molecule has 1 aromatic rings. The lowest BCUT2D eigenvalue weighted by molar-refractivity contribution is -0.146. The number of amides is 1. The molecule has 0 saturated carbocycles. The molecule has 5 N–H and O–H groups in total. The minimum Gasteiger partial charge on any atom is -0.480 e. The van der Waals surface area contributed by atoms with Crippen LogP contribution in [0.25, 0.3) is 0 Å². The maximum absolute atomic E-state index is 12.2. The molecule has 2 rings (SSSR count). The molecule has 3 atom stereocenters. The topological polar surface area (TPSA) is 122 Å². The van der Waals surface area contributed by atoms with Crippen LogP contribution in [-0.4, -0.2) is 53.5 Å². The SMILES string of the molecule is N[C@H](Cc1ccccc1)[C@H](O)C(=O)NC(C(=O)O)C1CCOCC1. The van der Waals surface area contributed by atoms with E-state index in [4.69, 9.17) is 10.5 Å². The van der Waals surface area contributed by atoms with Crippen LogP contribution in [0.15, 0.2) is 30.3 Å². The smallest absolute Gasteiger partial charge is 0.326 e. The zero-order chi connectivity index (χ0) is 17.5. The van der Waals surface area contributed by atoms with Gasteiger partial charge in [-0.15, -0.1) is 0 Å². The number of rotatable bonds is 7. The maximum Gasteiger partial charge on any atom is 0.326 e. The lowest BCUT2D eigenvalue weighted by atomic mass is 9.91. The van der Waals surface area contributed by atoms with Crippen molar-refractivity contribution in [1.29, 1.82) is 0 Å². The number of aliphatic carboxylic acids is 1. The van der Waals surface area contributed by atoms with Gasteiger partial charge in [-0.2, -0.15) is 0 Å². The van der Waals surface area contributed by atoms with Crippen LogP contribution in [0.4, 0.5) is 0 Å². The molecule has 1 aliphatic heterocycles. The fourth-order valence-corrected chi connectivity index (χ4v) is 2.86. The molecule has 0 aliphatic carbocycles. The third kappa shape index (κ3) is 5.02. The highest BCUT2D eigenvalue weighted by atomic mass is 16.5. The summed E-state index contributed by atoms with van der Waals surface area (Å²) in [4.78, 5) is 23.6. The molecule has 7 heteroatoms. The summed E-state index contributed by atoms with van der Waals surface area (Å²) in [5.74, 6) is -2.07. The first-order valence-corrected chi connectivity index (χ1v) is 8.07. The Balaban J connectivity index is 1.94. The Labute approximate surface area is 140 Å². The van der Waals surface area contributed by atoms with Crippen molar-refractivity contribution >= 4 is 11.9 Å². The second-order valence-electron chi connectivity index (χ2n) is 6.07. The van der Waals surface area contributed by atoms with Gasteiger partial charge in [0.15, 0.2) is 0 Å². The van der Waals surface area contributed by atoms with E-state index in [1.807, 2.05) is 30.3 Å². The zero-order valence-corrected chi connectivity index (χ0v) is 13.4. The van der Waals surface area contributed by atoms with Crippen LogP contribution in [0.5, 0.6) is 0 Å². The number of carbonyl (C=O) groups is 2. The van der Waals surface area contributed by atoms with E-state index in [1.54, 1.807) is 0 Å². The fourth-order valence-electron chi connectivity index (χ4n) is 2.86. The summed E-state index contributed by atoms with van der Waals surface area (Å²) in [6, 6.07) is 7.42. The first-order chi connectivity index (χ1) is 11.5. The van der Waals surface area contributed by atoms with E-state index in [-0.39, 0.29) is 5.92 Å². The van der Waals surface area contributed by atoms with Crippen LogP contribution in [0.1, 0.15) is 18.4 Å². The molecule has 0 spiro atoms. The summed E-state index contributed by atoms with van der Waals surface area (Å²) in [5, 5.41) is 21.9. The fraction of sp³-hybridized carbons (Fsp3) is 0.529. The van der Waals surface area contributed by atoms with Crippen LogP contribution in [0.3, 0.4) is 0 Å². The highest BCUT2D eigenvalue weighted by Crippen LogP contribution is 2.19. The number of hydrogen-bond acceptors (Lipinski definition) is 5. The number of aliphatic hydroxyl groups excluding tert-OH is 1. The van der Waals surface area contributed by atoms with Crippen molar-refractivity contribution in [2.45, 2.75) is 37.5 Å². The van der Waals surface area contributed by atoms with Gasteiger partial charge in [-0.3, -0.25) is 4.79 Å². The average molecular weight is 336 g/mol. The highest BCUT2D eigenvalue weighted by Gasteiger charge is 2.33. The van der Waals surface area contributed by atoms with Gasteiger partial charge >= 0.3 is 5.97 Å². The van der Waals surface area contributed by atoms with Gasteiger partial charge in [0.2, 0.25) is 0 Å². The molecule has 7 nitrogen and oxygen atoms in total. The van der Waals surface area contributed by atoms with Crippen molar-refractivity contribution in [2.75, 3.05) is 13.2 Å². The molecule has 0 bridgehead atoms. The number of benzene rings is 1. The first kappa shape index (κ1) is 18.4. The van der Waals surface area contributed by atoms with Gasteiger partial charge in [-0.25, -0.2) is 4.79 Å². The summed E-state index contributed by atoms with van der Waals surface area (Å²) in [6.45, 7) is 0.945. The summed E-state index contributed by atoms with van der Waals surface area (Å²) in [7, 11) is 0. The lowest BCUT2D eigenvalue weighted by Crippen LogP contribution is -2.54. The predicted octanol–water partition coefficient (Wildman–Crippen LogP) is -0.0867. The Hall–Kier alpha value is -1.96. The summed E-state index contributed by atoms with van der Waals surface area (Å²) < 4.78 is 5.21. The van der Waals surface area contributed by atoms with Crippen molar-refractivity contribution in [3.63, 3.8) is 0 Å². The third-order valence-electron chi connectivity index (χ3n) is 4.29. The van der Waals surface area contributed by atoms with Gasteiger partial charge in [-0.1, -0.05) is 30.3 Å². The molecule has 1 unspecified atom stereocenters. The second-order valence-corrected chi connectivity index (χ2v) is 6.07. The van der Waals surface area contributed by atoms with Crippen molar-refractivity contribution in [2.24, 2.45) is 11.7 Å². The molecular weight excluding hydrogens is 312 g/mol. The largest absolute Gasteiger partial charge is 0.480 e. The molecule has 0 aromatic heterocycles. The molecule has 132 valence electrons. The number of nitrogens with one attached hydrogen (secondary N) is 1. The zero-order valence-electron chi connectivity index (χ0n) is 13.4. The highest BCUT2D eigenvalue weighted by molar-refractivity contribution is 5.86. The van der Waals surface area contributed by atoms with E-state index in [0.29, 0.717) is 32.5 Å². The second kappa shape index (κ2) is 8.77. The van der Waals surface area contributed by atoms with E-state index in [2.05, 4.69) is 5.32 Å². The molecule has 1 aliphatic rings. The third-order valence-corrected chi connectivity index (χ3v) is 4.29. The number of carboxylic acids is 1. The number of nitrogens with two attached hydrogens (primary N) is 1. The van der Waals surface area contributed by atoms with E-state index < -0.39 is 30.1 Å². The van der Waals surface area contributed by atoms with Gasteiger partial charge in [-0.05, 0) is 30.7 Å². The Bertz CT molecular complexity index is 545. The minimum absolute atomic E-state index is 0.210. The normalized spacial score (nSPS) is 19.2. The molecule has 1 amide bonds. The molecular formula is C17H24N2O5. The quantitative estimate of drug-likeness (QED) is 0.552. The maximum atomic E-state index is 12.2. The average Bonchev–Trinajstić information content (AvgIpc) is 2.60. The summed E-state index contributed by atoms with van der Waals surface area (Å²) in [6.07, 6.45) is -0.0241. The Morgan fingerprint density at radius 2 is 1.88 bits per heavy atom. The van der Waals surface area contributed by atoms with E-state index in [9.17, 15) is 19.8 Å². The number of ether oxygens (including phenoxy) is 1. The van der Waals surface area contributed by atoms with Gasteiger partial charge in [0, 0.05) is 19.3 Å².